The zero-order valence-corrected chi connectivity index (χ0v) is 11.7. The highest BCUT2D eigenvalue weighted by Crippen LogP contribution is 2.39. The molecule has 1 saturated carbocycles. The summed E-state index contributed by atoms with van der Waals surface area (Å²) in [4.78, 5) is 12.4. The molecular weight excluding hydrogens is 236 g/mol. The highest BCUT2D eigenvalue weighted by atomic mass is 16.1. The Hall–Kier alpha value is -1.64. The second-order valence-corrected chi connectivity index (χ2v) is 6.59. The van der Waals surface area contributed by atoms with Crippen LogP contribution in [0.1, 0.15) is 37.8 Å². The lowest BCUT2D eigenvalue weighted by atomic mass is 9.68. The molecule has 0 amide bonds. The fraction of sp³-hybridized carbons (Fsp3) is 0.500. The van der Waals surface area contributed by atoms with Gasteiger partial charge in [-0.05, 0) is 24.3 Å². The molecule has 0 bridgehead atoms. The van der Waals surface area contributed by atoms with Crippen LogP contribution in [0.2, 0.25) is 0 Å². The largest absolute Gasteiger partial charge is 0.306 e. The minimum absolute atomic E-state index is 0.0603. The van der Waals surface area contributed by atoms with Crippen LogP contribution in [0.5, 0.6) is 0 Å². The van der Waals surface area contributed by atoms with Crippen LogP contribution < -0.4 is 5.43 Å². The summed E-state index contributed by atoms with van der Waals surface area (Å²) in [7, 11) is 0. The van der Waals surface area contributed by atoms with Gasteiger partial charge in [0.05, 0.1) is 17.7 Å². The molecule has 3 heteroatoms. The molecule has 1 fully saturated rings. The van der Waals surface area contributed by atoms with E-state index in [4.69, 9.17) is 0 Å². The number of Topliss-reactive ketones (excluding diaryl/α,β-unsaturated/α-hetero) is 1. The van der Waals surface area contributed by atoms with Crippen LogP contribution in [0.15, 0.2) is 29.4 Å². The number of benzene rings is 1. The summed E-state index contributed by atoms with van der Waals surface area (Å²) in [5, 5.41) is 4.45. The van der Waals surface area contributed by atoms with Gasteiger partial charge in [0.2, 0.25) is 0 Å². The highest BCUT2D eigenvalue weighted by molar-refractivity contribution is 6.15. The van der Waals surface area contributed by atoms with Gasteiger partial charge in [-0.3, -0.25) is 4.79 Å². The van der Waals surface area contributed by atoms with E-state index < -0.39 is 0 Å². The van der Waals surface area contributed by atoms with Crippen molar-refractivity contribution in [3.63, 3.8) is 0 Å². The molecule has 1 aromatic rings. The fourth-order valence-electron chi connectivity index (χ4n) is 3.33. The van der Waals surface area contributed by atoms with Crippen LogP contribution in [0.25, 0.3) is 0 Å². The third-order valence-electron chi connectivity index (χ3n) is 4.13. The van der Waals surface area contributed by atoms with Crippen molar-refractivity contribution in [2.75, 3.05) is 0 Å². The number of rotatable bonds is 1. The monoisotopic (exact) mass is 256 g/mol. The Bertz CT molecular complexity index is 560. The number of carbonyl (C=O) groups excluding carboxylic acids is 1. The van der Waals surface area contributed by atoms with E-state index in [1.54, 1.807) is 0 Å². The van der Waals surface area contributed by atoms with Crippen LogP contribution in [0, 0.1) is 18.3 Å². The van der Waals surface area contributed by atoms with Crippen molar-refractivity contribution in [2.45, 2.75) is 39.7 Å². The molecule has 0 spiro atoms. The molecule has 0 radical (unpaired) electrons. The molecule has 2 aliphatic rings. The maximum Gasteiger partial charge on any atom is 0.144 e. The average molecular weight is 256 g/mol. The molecule has 2 unspecified atom stereocenters. The van der Waals surface area contributed by atoms with Crippen molar-refractivity contribution in [3.8, 4) is 0 Å². The second kappa shape index (κ2) is 4.19. The molecule has 3 nitrogen and oxygen atoms in total. The molecule has 1 aliphatic heterocycles. The van der Waals surface area contributed by atoms with Gasteiger partial charge in [-0.1, -0.05) is 43.7 Å². The lowest BCUT2D eigenvalue weighted by Gasteiger charge is -2.36. The van der Waals surface area contributed by atoms with Gasteiger partial charge in [0, 0.05) is 6.42 Å². The standard InChI is InChI=1S/C16H20N2O/c1-10-5-4-6-11(7-10)15-14-12(17-18-15)8-16(2,3)9-13(14)19/h4-7,12,14,17H,8-9H2,1-3H3. The minimum Gasteiger partial charge on any atom is -0.306 e. The quantitative estimate of drug-likeness (QED) is 0.839. The molecule has 0 aromatic heterocycles. The molecule has 19 heavy (non-hydrogen) atoms. The smallest absolute Gasteiger partial charge is 0.144 e. The van der Waals surface area contributed by atoms with Gasteiger partial charge < -0.3 is 5.43 Å². The predicted molar refractivity (Wildman–Crippen MR) is 76.2 cm³/mol. The first-order valence-electron chi connectivity index (χ1n) is 6.89. The zero-order chi connectivity index (χ0) is 13.6. The molecule has 100 valence electrons. The summed E-state index contributed by atoms with van der Waals surface area (Å²) >= 11 is 0. The van der Waals surface area contributed by atoms with E-state index in [9.17, 15) is 4.79 Å². The number of ketones is 1. The summed E-state index contributed by atoms with van der Waals surface area (Å²) in [6, 6.07) is 8.42. The van der Waals surface area contributed by atoms with E-state index in [0.717, 1.165) is 17.7 Å². The van der Waals surface area contributed by atoms with Crippen LogP contribution in [-0.4, -0.2) is 17.5 Å². The molecule has 2 atom stereocenters. The van der Waals surface area contributed by atoms with Gasteiger partial charge in [-0.25, -0.2) is 0 Å². The van der Waals surface area contributed by atoms with Crippen LogP contribution in [0.4, 0.5) is 0 Å². The minimum atomic E-state index is -0.0603. The van der Waals surface area contributed by atoms with Gasteiger partial charge in [0.25, 0.3) is 0 Å². The molecule has 1 aromatic carbocycles. The first-order chi connectivity index (χ1) is 8.96. The summed E-state index contributed by atoms with van der Waals surface area (Å²) < 4.78 is 0. The van der Waals surface area contributed by atoms with Crippen molar-refractivity contribution in [1.82, 2.24) is 5.43 Å². The van der Waals surface area contributed by atoms with Gasteiger partial charge in [0.1, 0.15) is 5.78 Å². The lowest BCUT2D eigenvalue weighted by Crippen LogP contribution is -2.45. The number of fused-ring (bicyclic) bond motifs is 1. The van der Waals surface area contributed by atoms with Crippen molar-refractivity contribution in [3.05, 3.63) is 35.4 Å². The zero-order valence-electron chi connectivity index (χ0n) is 11.7. The lowest BCUT2D eigenvalue weighted by molar-refractivity contribution is -0.126. The maximum absolute atomic E-state index is 12.4. The average Bonchev–Trinajstić information content (AvgIpc) is 2.71. The number of aryl methyl sites for hydroxylation is 1. The van der Waals surface area contributed by atoms with Gasteiger partial charge in [-0.2, -0.15) is 5.10 Å². The van der Waals surface area contributed by atoms with Crippen LogP contribution >= 0.6 is 0 Å². The molecule has 1 heterocycles. The van der Waals surface area contributed by atoms with E-state index >= 15 is 0 Å². The van der Waals surface area contributed by atoms with Gasteiger partial charge in [-0.15, -0.1) is 0 Å². The fourth-order valence-corrected chi connectivity index (χ4v) is 3.33. The van der Waals surface area contributed by atoms with Gasteiger partial charge in [0.15, 0.2) is 0 Å². The van der Waals surface area contributed by atoms with Crippen LogP contribution in [0.3, 0.4) is 0 Å². The third-order valence-corrected chi connectivity index (χ3v) is 4.13. The molecule has 1 aliphatic carbocycles. The predicted octanol–water partition coefficient (Wildman–Crippen LogP) is 2.68. The van der Waals surface area contributed by atoms with E-state index in [1.807, 2.05) is 12.1 Å². The Morgan fingerprint density at radius 3 is 2.89 bits per heavy atom. The van der Waals surface area contributed by atoms with Crippen LogP contribution in [-0.2, 0) is 4.79 Å². The Kier molecular flexibility index (Phi) is 2.73. The van der Waals surface area contributed by atoms with E-state index in [1.165, 1.54) is 5.56 Å². The number of hydrogen-bond acceptors (Lipinski definition) is 3. The first kappa shape index (κ1) is 12.4. The van der Waals surface area contributed by atoms with E-state index in [2.05, 4.69) is 43.4 Å². The number of carbonyl (C=O) groups is 1. The molecule has 0 saturated heterocycles. The maximum atomic E-state index is 12.4. The number of nitrogens with one attached hydrogen (secondary N) is 1. The third kappa shape index (κ3) is 2.18. The highest BCUT2D eigenvalue weighted by Gasteiger charge is 2.46. The Morgan fingerprint density at radius 1 is 1.37 bits per heavy atom. The van der Waals surface area contributed by atoms with Crippen molar-refractivity contribution in [1.29, 1.82) is 0 Å². The van der Waals surface area contributed by atoms with E-state index in [0.29, 0.717) is 12.2 Å². The van der Waals surface area contributed by atoms with Crippen molar-refractivity contribution >= 4 is 11.5 Å². The van der Waals surface area contributed by atoms with Crippen molar-refractivity contribution in [2.24, 2.45) is 16.4 Å². The summed E-state index contributed by atoms with van der Waals surface area (Å²) in [6.45, 7) is 6.39. The van der Waals surface area contributed by atoms with Crippen molar-refractivity contribution < 1.29 is 4.79 Å². The van der Waals surface area contributed by atoms with Gasteiger partial charge >= 0.3 is 0 Å². The number of nitrogens with zero attached hydrogens (tertiary/aromatic N) is 1. The summed E-state index contributed by atoms with van der Waals surface area (Å²) in [5.74, 6) is 0.265. The SMILES string of the molecule is Cc1cccc(C2=NNC3CC(C)(C)CC(=O)C23)c1. The Labute approximate surface area is 114 Å². The molecule has 3 rings (SSSR count). The number of hydrogen-bond donors (Lipinski definition) is 1. The molecular formula is C16H20N2O. The normalized spacial score (nSPS) is 28.6. The Balaban J connectivity index is 1.93. The summed E-state index contributed by atoms with van der Waals surface area (Å²) in [5.41, 5.74) is 6.47. The van der Waals surface area contributed by atoms with E-state index in [-0.39, 0.29) is 17.4 Å². The number of hydrazone groups is 1. The first-order valence-corrected chi connectivity index (χ1v) is 6.89. The summed E-state index contributed by atoms with van der Waals surface area (Å²) in [6.07, 6.45) is 1.66. The topological polar surface area (TPSA) is 41.5 Å². The Morgan fingerprint density at radius 2 is 2.16 bits per heavy atom. The second-order valence-electron chi connectivity index (χ2n) is 6.59. The molecule has 1 N–H and O–H groups in total.